The summed E-state index contributed by atoms with van der Waals surface area (Å²) in [7, 11) is 0. The summed E-state index contributed by atoms with van der Waals surface area (Å²) in [4.78, 5) is 23.6. The molecule has 98 valence electrons. The molecule has 2 heterocycles. The van der Waals surface area contributed by atoms with Gasteiger partial charge in [-0.2, -0.15) is 0 Å². The number of carbonyl (C=O) groups is 2. The van der Waals surface area contributed by atoms with Crippen LogP contribution in [0.5, 0.6) is 0 Å². The summed E-state index contributed by atoms with van der Waals surface area (Å²) >= 11 is 1.23. The van der Waals surface area contributed by atoms with Gasteiger partial charge in [0.25, 0.3) is 0 Å². The van der Waals surface area contributed by atoms with Gasteiger partial charge in [-0.05, 0) is 6.92 Å². The Morgan fingerprint density at radius 2 is 2.39 bits per heavy atom. The zero-order chi connectivity index (χ0) is 13.2. The van der Waals surface area contributed by atoms with E-state index >= 15 is 0 Å². The number of carboxylic acids is 1. The van der Waals surface area contributed by atoms with Crippen LogP contribution in [-0.2, 0) is 9.53 Å². The number of hydrogen-bond acceptors (Lipinski definition) is 6. The number of likely N-dealkylation sites (tertiary alicyclic amines) is 1. The molecule has 0 saturated carbocycles. The Balaban J connectivity index is 1.77. The van der Waals surface area contributed by atoms with E-state index in [1.807, 2.05) is 0 Å². The highest BCUT2D eigenvalue weighted by Gasteiger charge is 2.42. The summed E-state index contributed by atoms with van der Waals surface area (Å²) in [5.41, 5.74) is 0.933. The molecule has 0 spiro atoms. The van der Waals surface area contributed by atoms with Gasteiger partial charge < -0.3 is 14.7 Å². The molecule has 2 amide bonds. The van der Waals surface area contributed by atoms with Crippen molar-refractivity contribution in [1.82, 2.24) is 15.1 Å². The SMILES string of the molecule is CC1(OCC(=O)O)CN(C(=O)Nc2nncs2)C1. The van der Waals surface area contributed by atoms with E-state index in [1.54, 1.807) is 6.92 Å². The Labute approximate surface area is 107 Å². The predicted molar refractivity (Wildman–Crippen MR) is 62.5 cm³/mol. The lowest BCUT2D eigenvalue weighted by Gasteiger charge is -2.46. The van der Waals surface area contributed by atoms with Gasteiger partial charge in [0.05, 0.1) is 13.1 Å². The Kier molecular flexibility index (Phi) is 3.43. The van der Waals surface area contributed by atoms with Crippen LogP contribution in [0.1, 0.15) is 6.92 Å². The topological polar surface area (TPSA) is 105 Å². The standard InChI is InChI=1S/C9H12N4O4S/c1-9(17-2-6(14)15)3-13(4-9)8(16)11-7-12-10-5-18-7/h5H,2-4H2,1H3,(H,14,15)(H,11,12,16). The molecule has 8 nitrogen and oxygen atoms in total. The number of aliphatic carboxylic acids is 1. The van der Waals surface area contributed by atoms with E-state index in [-0.39, 0.29) is 12.6 Å². The lowest BCUT2D eigenvalue weighted by Crippen LogP contribution is -2.64. The number of nitrogens with one attached hydrogen (secondary N) is 1. The molecule has 0 radical (unpaired) electrons. The summed E-state index contributed by atoms with van der Waals surface area (Å²) in [6, 6.07) is -0.289. The highest BCUT2D eigenvalue weighted by molar-refractivity contribution is 7.13. The van der Waals surface area contributed by atoms with Crippen LogP contribution in [-0.4, -0.2) is 57.5 Å². The van der Waals surface area contributed by atoms with Gasteiger partial charge >= 0.3 is 12.0 Å². The van der Waals surface area contributed by atoms with Crippen LogP contribution in [0.3, 0.4) is 0 Å². The van der Waals surface area contributed by atoms with Gasteiger partial charge in [0.15, 0.2) is 0 Å². The first-order valence-electron chi connectivity index (χ1n) is 5.16. The molecule has 0 bridgehead atoms. The molecular formula is C9H12N4O4S. The third-order valence-corrected chi connectivity index (χ3v) is 3.06. The monoisotopic (exact) mass is 272 g/mol. The number of nitrogens with zero attached hydrogens (tertiary/aromatic N) is 3. The van der Waals surface area contributed by atoms with Crippen LogP contribution in [0.2, 0.25) is 0 Å². The van der Waals surface area contributed by atoms with E-state index in [1.165, 1.54) is 21.7 Å². The minimum Gasteiger partial charge on any atom is -0.480 e. The van der Waals surface area contributed by atoms with Crippen molar-refractivity contribution in [2.75, 3.05) is 25.0 Å². The summed E-state index contributed by atoms with van der Waals surface area (Å²) in [6.07, 6.45) is 0. The van der Waals surface area contributed by atoms with Crippen molar-refractivity contribution in [3.63, 3.8) is 0 Å². The van der Waals surface area contributed by atoms with Crippen LogP contribution in [0.4, 0.5) is 9.93 Å². The number of anilines is 1. The molecule has 1 aromatic heterocycles. The summed E-state index contributed by atoms with van der Waals surface area (Å²) in [6.45, 7) is 2.11. The van der Waals surface area contributed by atoms with E-state index < -0.39 is 11.6 Å². The molecular weight excluding hydrogens is 260 g/mol. The first-order valence-corrected chi connectivity index (χ1v) is 6.04. The number of carboxylic acid groups (broad SMARTS) is 1. The zero-order valence-electron chi connectivity index (χ0n) is 9.62. The van der Waals surface area contributed by atoms with Gasteiger partial charge in [-0.25, -0.2) is 9.59 Å². The quantitative estimate of drug-likeness (QED) is 0.813. The highest BCUT2D eigenvalue weighted by atomic mass is 32.1. The van der Waals surface area contributed by atoms with Crippen molar-refractivity contribution in [1.29, 1.82) is 0 Å². The van der Waals surface area contributed by atoms with Gasteiger partial charge in [-0.15, -0.1) is 10.2 Å². The average Bonchev–Trinajstić information content (AvgIpc) is 2.75. The number of hydrogen-bond donors (Lipinski definition) is 2. The Morgan fingerprint density at radius 3 is 2.94 bits per heavy atom. The fourth-order valence-electron chi connectivity index (χ4n) is 1.63. The first-order chi connectivity index (χ1) is 8.48. The molecule has 1 fully saturated rings. The van der Waals surface area contributed by atoms with Crippen molar-refractivity contribution in [2.45, 2.75) is 12.5 Å². The van der Waals surface area contributed by atoms with Crippen LogP contribution in [0, 0.1) is 0 Å². The summed E-state index contributed by atoms with van der Waals surface area (Å²) in [5, 5.41) is 18.8. The zero-order valence-corrected chi connectivity index (χ0v) is 10.4. The van der Waals surface area contributed by atoms with E-state index in [0.29, 0.717) is 18.2 Å². The maximum absolute atomic E-state index is 11.7. The van der Waals surface area contributed by atoms with Crippen LogP contribution in [0.25, 0.3) is 0 Å². The molecule has 0 aromatic carbocycles. The second-order valence-electron chi connectivity index (χ2n) is 4.16. The third kappa shape index (κ3) is 2.93. The van der Waals surface area contributed by atoms with E-state index in [4.69, 9.17) is 9.84 Å². The van der Waals surface area contributed by atoms with Crippen LogP contribution >= 0.6 is 11.3 Å². The van der Waals surface area contributed by atoms with Gasteiger partial charge in [0, 0.05) is 0 Å². The van der Waals surface area contributed by atoms with E-state index in [0.717, 1.165) is 0 Å². The molecule has 1 saturated heterocycles. The average molecular weight is 272 g/mol. The molecule has 2 rings (SSSR count). The lowest BCUT2D eigenvalue weighted by molar-refractivity contribution is -0.159. The molecule has 1 aliphatic rings. The highest BCUT2D eigenvalue weighted by Crippen LogP contribution is 2.25. The fraction of sp³-hybridized carbons (Fsp3) is 0.556. The maximum Gasteiger partial charge on any atom is 0.329 e. The number of rotatable bonds is 4. The Morgan fingerprint density at radius 1 is 1.67 bits per heavy atom. The number of aromatic nitrogens is 2. The number of ether oxygens (including phenoxy) is 1. The summed E-state index contributed by atoms with van der Waals surface area (Å²) in [5.74, 6) is -1.02. The second kappa shape index (κ2) is 4.86. The number of carbonyl (C=O) groups excluding carboxylic acids is 1. The minimum absolute atomic E-state index is 0.289. The molecule has 1 aromatic rings. The van der Waals surface area contributed by atoms with Crippen LogP contribution in [0.15, 0.2) is 5.51 Å². The van der Waals surface area contributed by atoms with Crippen LogP contribution < -0.4 is 5.32 Å². The molecule has 1 aliphatic heterocycles. The summed E-state index contributed by atoms with van der Waals surface area (Å²) < 4.78 is 5.20. The first kappa shape index (κ1) is 12.7. The van der Waals surface area contributed by atoms with Gasteiger partial charge in [-0.1, -0.05) is 11.3 Å². The number of urea groups is 1. The number of amides is 2. The van der Waals surface area contributed by atoms with E-state index in [2.05, 4.69) is 15.5 Å². The lowest BCUT2D eigenvalue weighted by atomic mass is 9.97. The maximum atomic E-state index is 11.7. The largest absolute Gasteiger partial charge is 0.480 e. The molecule has 18 heavy (non-hydrogen) atoms. The third-order valence-electron chi connectivity index (χ3n) is 2.46. The minimum atomic E-state index is -1.02. The van der Waals surface area contributed by atoms with Gasteiger partial charge in [0.2, 0.25) is 5.13 Å². The molecule has 0 aliphatic carbocycles. The predicted octanol–water partition coefficient (Wildman–Crippen LogP) is 0.245. The normalized spacial score (nSPS) is 17.1. The van der Waals surface area contributed by atoms with Gasteiger partial charge in [-0.3, -0.25) is 5.32 Å². The molecule has 0 atom stereocenters. The van der Waals surface area contributed by atoms with Crippen molar-refractivity contribution in [2.24, 2.45) is 0 Å². The van der Waals surface area contributed by atoms with Crippen molar-refractivity contribution in [3.05, 3.63) is 5.51 Å². The Hall–Kier alpha value is -1.74. The smallest absolute Gasteiger partial charge is 0.329 e. The molecule has 2 N–H and O–H groups in total. The van der Waals surface area contributed by atoms with Gasteiger partial charge in [0.1, 0.15) is 17.7 Å². The van der Waals surface area contributed by atoms with E-state index in [9.17, 15) is 9.59 Å². The second-order valence-corrected chi connectivity index (χ2v) is 5.00. The fourth-order valence-corrected chi connectivity index (χ4v) is 2.06. The van der Waals surface area contributed by atoms with Crippen molar-refractivity contribution in [3.8, 4) is 0 Å². The Bertz CT molecular complexity index is 443. The van der Waals surface area contributed by atoms with Crippen molar-refractivity contribution >= 4 is 28.5 Å². The molecule has 0 unspecified atom stereocenters. The van der Waals surface area contributed by atoms with Crippen molar-refractivity contribution < 1.29 is 19.4 Å². The molecule has 9 heteroatoms.